The van der Waals surface area contributed by atoms with Crippen molar-refractivity contribution in [3.8, 4) is 5.75 Å². The first-order valence-electron chi connectivity index (χ1n) is 13.7. The van der Waals surface area contributed by atoms with Gasteiger partial charge in [-0.3, -0.25) is 19.4 Å². The molecule has 0 saturated carbocycles. The summed E-state index contributed by atoms with van der Waals surface area (Å²) >= 11 is 0. The predicted octanol–water partition coefficient (Wildman–Crippen LogP) is 4.85. The van der Waals surface area contributed by atoms with Crippen LogP contribution in [0.3, 0.4) is 0 Å². The number of likely N-dealkylation sites (N-methyl/N-ethyl adjacent to an activating group) is 1. The molecule has 7 nitrogen and oxygen atoms in total. The highest BCUT2D eigenvalue weighted by atomic mass is 19.1. The number of benzene rings is 3. The second-order valence-electron chi connectivity index (χ2n) is 10.5. The van der Waals surface area contributed by atoms with E-state index in [1.54, 1.807) is 44.3 Å². The summed E-state index contributed by atoms with van der Waals surface area (Å²) in [6.07, 6.45) is 0. The monoisotopic (exact) mass is 547 g/mol. The number of ether oxygens (including phenoxy) is 1. The average Bonchev–Trinajstić information content (AvgIpc) is 2.91. The van der Waals surface area contributed by atoms with Crippen LogP contribution in [0.5, 0.6) is 5.75 Å². The molecule has 2 unspecified atom stereocenters. The van der Waals surface area contributed by atoms with E-state index in [0.29, 0.717) is 12.1 Å². The topological polar surface area (TPSA) is 73.3 Å². The Labute approximate surface area is 235 Å². The molecule has 1 amide bonds. The van der Waals surface area contributed by atoms with E-state index in [2.05, 4.69) is 23.6 Å². The van der Waals surface area contributed by atoms with Crippen molar-refractivity contribution >= 4 is 11.9 Å². The molecule has 40 heavy (non-hydrogen) atoms. The van der Waals surface area contributed by atoms with Crippen LogP contribution in [-0.4, -0.2) is 77.1 Å². The second kappa shape index (κ2) is 13.1. The molecule has 1 saturated heterocycles. The second-order valence-corrected chi connectivity index (χ2v) is 10.5. The molecule has 1 fully saturated rings. The van der Waals surface area contributed by atoms with E-state index in [0.717, 1.165) is 29.8 Å². The molecular formula is C32H38FN3O4. The summed E-state index contributed by atoms with van der Waals surface area (Å²) in [4.78, 5) is 31.3. The number of hydrogen-bond acceptors (Lipinski definition) is 6. The van der Waals surface area contributed by atoms with Gasteiger partial charge in [0.2, 0.25) is 0 Å². The number of hydrogen-bond donors (Lipinski definition) is 1. The summed E-state index contributed by atoms with van der Waals surface area (Å²) in [7, 11) is 1.58. The van der Waals surface area contributed by atoms with Gasteiger partial charge in [0.25, 0.3) is 5.91 Å². The smallest absolute Gasteiger partial charge is 0.325 e. The average molecular weight is 548 g/mol. The molecule has 212 valence electrons. The van der Waals surface area contributed by atoms with Crippen LogP contribution in [0.1, 0.15) is 53.9 Å². The normalized spacial score (nSPS) is 18.7. The predicted molar refractivity (Wildman–Crippen MR) is 152 cm³/mol. The van der Waals surface area contributed by atoms with Crippen molar-refractivity contribution in [1.82, 2.24) is 14.7 Å². The highest BCUT2D eigenvalue weighted by Gasteiger charge is 2.35. The summed E-state index contributed by atoms with van der Waals surface area (Å²) in [6.45, 7) is 8.36. The van der Waals surface area contributed by atoms with E-state index in [1.165, 1.54) is 11.0 Å². The van der Waals surface area contributed by atoms with Gasteiger partial charge in [0, 0.05) is 44.3 Å². The summed E-state index contributed by atoms with van der Waals surface area (Å²) in [5.74, 6) is -0.783. The van der Waals surface area contributed by atoms with Gasteiger partial charge in [-0.05, 0) is 73.9 Å². The van der Waals surface area contributed by atoms with Gasteiger partial charge in [-0.15, -0.1) is 0 Å². The van der Waals surface area contributed by atoms with Gasteiger partial charge < -0.3 is 14.7 Å². The minimum atomic E-state index is -0.453. The highest BCUT2D eigenvalue weighted by molar-refractivity contribution is 5.96. The Hall–Kier alpha value is -3.75. The van der Waals surface area contributed by atoms with Crippen molar-refractivity contribution in [2.24, 2.45) is 0 Å². The molecule has 0 aromatic heterocycles. The quantitative estimate of drug-likeness (QED) is 0.386. The maximum Gasteiger partial charge on any atom is 0.325 e. The fraction of sp³-hybridized carbons (Fsp3) is 0.375. The summed E-state index contributed by atoms with van der Waals surface area (Å²) in [6, 6.07) is 21.5. The number of phenols is 1. The Bertz CT molecular complexity index is 1330. The molecule has 1 aliphatic heterocycles. The number of halogens is 1. The van der Waals surface area contributed by atoms with Crippen LogP contribution in [-0.2, 0) is 16.1 Å². The SMILES string of the molecule is CCOC(=O)CN(C)C(=O)c1cccc(C(c2cccc(O)c2)N2C[C@@H](C)N(Cc3cccc(F)c3)CC2C)c1. The fourth-order valence-corrected chi connectivity index (χ4v) is 5.48. The number of carbonyl (C=O) groups is 2. The van der Waals surface area contributed by atoms with Gasteiger partial charge in [0.1, 0.15) is 18.1 Å². The molecule has 4 rings (SSSR count). The first-order chi connectivity index (χ1) is 19.2. The zero-order chi connectivity index (χ0) is 28.8. The van der Waals surface area contributed by atoms with E-state index >= 15 is 0 Å². The minimum absolute atomic E-state index is 0.128. The third-order valence-corrected chi connectivity index (χ3v) is 7.42. The molecule has 0 aliphatic carbocycles. The largest absolute Gasteiger partial charge is 0.508 e. The Balaban J connectivity index is 1.62. The molecule has 1 N–H and O–H groups in total. The van der Waals surface area contributed by atoms with E-state index in [-0.39, 0.29) is 48.8 Å². The Morgan fingerprint density at radius 2 is 1.70 bits per heavy atom. The molecule has 3 aromatic carbocycles. The van der Waals surface area contributed by atoms with Gasteiger partial charge in [-0.25, -0.2) is 4.39 Å². The van der Waals surface area contributed by atoms with Crippen LogP contribution in [0, 0.1) is 5.82 Å². The number of nitrogens with zero attached hydrogens (tertiary/aromatic N) is 3. The van der Waals surface area contributed by atoms with Gasteiger partial charge in [-0.2, -0.15) is 0 Å². The number of amides is 1. The molecule has 0 spiro atoms. The number of aromatic hydroxyl groups is 1. The van der Waals surface area contributed by atoms with Gasteiger partial charge in [0.05, 0.1) is 12.6 Å². The fourth-order valence-electron chi connectivity index (χ4n) is 5.48. The Morgan fingerprint density at radius 3 is 2.40 bits per heavy atom. The Morgan fingerprint density at radius 1 is 1.00 bits per heavy atom. The molecular weight excluding hydrogens is 509 g/mol. The van der Waals surface area contributed by atoms with E-state index < -0.39 is 5.97 Å². The number of esters is 1. The summed E-state index contributed by atoms with van der Waals surface area (Å²) in [5, 5.41) is 10.3. The number of piperazine rings is 1. The molecule has 1 aliphatic rings. The van der Waals surface area contributed by atoms with Crippen molar-refractivity contribution < 1.29 is 23.8 Å². The van der Waals surface area contributed by atoms with Gasteiger partial charge >= 0.3 is 5.97 Å². The first-order valence-corrected chi connectivity index (χ1v) is 13.7. The molecule has 8 heteroatoms. The summed E-state index contributed by atoms with van der Waals surface area (Å²) in [5.41, 5.74) is 3.25. The summed E-state index contributed by atoms with van der Waals surface area (Å²) < 4.78 is 18.8. The van der Waals surface area contributed by atoms with Crippen molar-refractivity contribution in [1.29, 1.82) is 0 Å². The molecule has 0 bridgehead atoms. The van der Waals surface area contributed by atoms with Crippen LogP contribution < -0.4 is 0 Å². The maximum atomic E-state index is 13.8. The van der Waals surface area contributed by atoms with Crippen molar-refractivity contribution in [3.05, 3.63) is 101 Å². The van der Waals surface area contributed by atoms with Gasteiger partial charge in [0.15, 0.2) is 0 Å². The van der Waals surface area contributed by atoms with Crippen LogP contribution in [0.4, 0.5) is 4.39 Å². The zero-order valence-electron chi connectivity index (χ0n) is 23.6. The van der Waals surface area contributed by atoms with Crippen molar-refractivity contribution in [2.45, 2.75) is 45.4 Å². The molecule has 3 atom stereocenters. The van der Waals surface area contributed by atoms with E-state index in [4.69, 9.17) is 4.74 Å². The standard InChI is InChI=1S/C32H38FN3O4/c1-5-40-30(38)21-34(4)32(39)27-12-7-10-25(16-27)31(26-11-8-14-29(37)17-26)36-19-22(2)35(18-23(36)3)20-24-9-6-13-28(33)15-24/h6-17,22-23,31,37H,5,18-21H2,1-4H3/t22-,23?,31?/m1/s1. The molecule has 0 radical (unpaired) electrons. The lowest BCUT2D eigenvalue weighted by molar-refractivity contribution is -0.143. The van der Waals surface area contributed by atoms with Crippen molar-refractivity contribution in [3.63, 3.8) is 0 Å². The van der Waals surface area contributed by atoms with Crippen LogP contribution in [0.15, 0.2) is 72.8 Å². The number of carbonyl (C=O) groups excluding carboxylic acids is 2. The number of phenolic OH excluding ortho intramolecular Hbond substituents is 1. The van der Waals surface area contributed by atoms with Crippen LogP contribution in [0.2, 0.25) is 0 Å². The van der Waals surface area contributed by atoms with Crippen LogP contribution >= 0.6 is 0 Å². The van der Waals surface area contributed by atoms with Crippen LogP contribution in [0.25, 0.3) is 0 Å². The lowest BCUT2D eigenvalue weighted by Crippen LogP contribution is -2.56. The van der Waals surface area contributed by atoms with Crippen molar-refractivity contribution in [2.75, 3.05) is 33.3 Å². The van der Waals surface area contributed by atoms with Gasteiger partial charge in [-0.1, -0.05) is 36.4 Å². The third kappa shape index (κ3) is 7.06. The minimum Gasteiger partial charge on any atom is -0.508 e. The Kier molecular flexibility index (Phi) is 9.55. The van der Waals surface area contributed by atoms with E-state index in [1.807, 2.05) is 36.4 Å². The third-order valence-electron chi connectivity index (χ3n) is 7.42. The molecule has 1 heterocycles. The lowest BCUT2D eigenvalue weighted by Gasteiger charge is -2.47. The molecule has 3 aromatic rings. The maximum absolute atomic E-state index is 13.8. The number of rotatable bonds is 9. The highest BCUT2D eigenvalue weighted by Crippen LogP contribution is 2.35. The first kappa shape index (κ1) is 29.2. The van der Waals surface area contributed by atoms with E-state index in [9.17, 15) is 19.1 Å². The zero-order valence-corrected chi connectivity index (χ0v) is 23.6. The lowest BCUT2D eigenvalue weighted by atomic mass is 9.92.